The zero-order valence-corrected chi connectivity index (χ0v) is 12.0. The first-order valence-corrected chi connectivity index (χ1v) is 7.01. The fourth-order valence-electron chi connectivity index (χ4n) is 2.39. The van der Waals surface area contributed by atoms with E-state index in [0.717, 1.165) is 5.56 Å². The van der Waals surface area contributed by atoms with Gasteiger partial charge in [0.25, 0.3) is 6.36 Å². The molecule has 23 heavy (non-hydrogen) atoms. The summed E-state index contributed by atoms with van der Waals surface area (Å²) in [7, 11) is 0. The quantitative estimate of drug-likeness (QED) is 0.880. The van der Waals surface area contributed by atoms with Crippen molar-refractivity contribution in [3.05, 3.63) is 70.8 Å². The maximum atomic E-state index is 13.6. The normalized spacial score (nSPS) is 16.0. The maximum Gasteiger partial charge on any atom is 0.338 e. The number of Topliss-reactive ketones (excluding diaryl/α,β-unsaturated/α-hetero) is 1. The summed E-state index contributed by atoms with van der Waals surface area (Å²) < 4.78 is 18.5. The van der Waals surface area contributed by atoms with Crippen molar-refractivity contribution in [2.24, 2.45) is 0 Å². The van der Waals surface area contributed by atoms with Gasteiger partial charge in [-0.25, -0.2) is 4.79 Å². The number of carboxylic acid groups (broad SMARTS) is 1. The maximum absolute atomic E-state index is 13.6. The number of benzene rings is 2. The van der Waals surface area contributed by atoms with Crippen LogP contribution in [-0.2, 0) is 11.2 Å². The summed E-state index contributed by atoms with van der Waals surface area (Å²) in [6.07, 6.45) is -0.571. The minimum Gasteiger partial charge on any atom is -0.478 e. The van der Waals surface area contributed by atoms with Crippen LogP contribution >= 0.6 is 0 Å². The number of rotatable bonds is 4. The van der Waals surface area contributed by atoms with E-state index in [1.54, 1.807) is 6.07 Å². The van der Waals surface area contributed by atoms with Crippen molar-refractivity contribution in [1.29, 1.82) is 0 Å². The van der Waals surface area contributed by atoms with Gasteiger partial charge in [-0.15, -0.1) is 0 Å². The molecule has 0 aliphatic carbocycles. The number of aliphatic carboxylic acids is 1. The van der Waals surface area contributed by atoms with E-state index in [2.05, 4.69) is 0 Å². The molecule has 3 rings (SSSR count). The molecule has 0 saturated carbocycles. The molecule has 4 nitrogen and oxygen atoms in total. The van der Waals surface area contributed by atoms with Crippen molar-refractivity contribution in [3.8, 4) is 5.75 Å². The van der Waals surface area contributed by atoms with Gasteiger partial charge in [-0.05, 0) is 29.8 Å². The van der Waals surface area contributed by atoms with Gasteiger partial charge < -0.3 is 9.84 Å². The third-order valence-electron chi connectivity index (χ3n) is 3.57. The molecule has 1 unspecified atom stereocenters. The molecule has 0 spiro atoms. The van der Waals surface area contributed by atoms with E-state index in [-0.39, 0.29) is 18.0 Å². The van der Waals surface area contributed by atoms with Crippen LogP contribution in [0.5, 0.6) is 5.75 Å². The molecule has 1 aliphatic heterocycles. The second kappa shape index (κ2) is 6.04. The van der Waals surface area contributed by atoms with Crippen LogP contribution < -0.4 is 4.74 Å². The van der Waals surface area contributed by atoms with Crippen LogP contribution in [0.3, 0.4) is 0 Å². The Morgan fingerprint density at radius 2 is 1.87 bits per heavy atom. The first-order chi connectivity index (χ1) is 11.0. The van der Waals surface area contributed by atoms with Gasteiger partial charge in [0, 0.05) is 17.5 Å². The number of ketones is 1. The zero-order valence-electron chi connectivity index (χ0n) is 12.0. The molecule has 1 atom stereocenters. The van der Waals surface area contributed by atoms with Gasteiger partial charge in [-0.3, -0.25) is 4.79 Å². The highest BCUT2D eigenvalue weighted by molar-refractivity contribution is 5.99. The minimum absolute atomic E-state index is 0.105. The zero-order chi connectivity index (χ0) is 16.4. The van der Waals surface area contributed by atoms with Crippen molar-refractivity contribution in [2.75, 3.05) is 0 Å². The molecule has 0 saturated heterocycles. The summed E-state index contributed by atoms with van der Waals surface area (Å²) in [5, 5.41) is 8.95. The minimum atomic E-state index is -2.01. The Labute approximate surface area is 131 Å². The monoisotopic (exact) mass is 312 g/mol. The lowest BCUT2D eigenvalue weighted by molar-refractivity contribution is -0.134. The van der Waals surface area contributed by atoms with Crippen molar-refractivity contribution in [2.45, 2.75) is 12.8 Å². The van der Waals surface area contributed by atoms with Crippen LogP contribution in [0.2, 0.25) is 0 Å². The molecular weight excluding hydrogens is 299 g/mol. The summed E-state index contributed by atoms with van der Waals surface area (Å²) in [6.45, 7) is 0. The molecule has 0 aromatic heterocycles. The molecule has 0 fully saturated rings. The Morgan fingerprint density at radius 3 is 2.57 bits per heavy atom. The van der Waals surface area contributed by atoms with E-state index < -0.39 is 17.9 Å². The molecule has 0 bridgehead atoms. The van der Waals surface area contributed by atoms with E-state index in [4.69, 9.17) is 9.84 Å². The number of carboxylic acids is 1. The highest BCUT2D eigenvalue weighted by Crippen LogP contribution is 2.31. The molecule has 1 heterocycles. The van der Waals surface area contributed by atoms with Crippen LogP contribution in [0, 0.1) is 0 Å². The lowest BCUT2D eigenvalue weighted by Crippen LogP contribution is -2.23. The molecule has 2 aromatic rings. The molecule has 1 N–H and O–H groups in total. The van der Waals surface area contributed by atoms with Crippen molar-refractivity contribution in [3.63, 3.8) is 0 Å². The Kier molecular flexibility index (Phi) is 3.93. The number of carbonyl (C=O) groups is 2. The van der Waals surface area contributed by atoms with Gasteiger partial charge in [0.1, 0.15) is 11.3 Å². The van der Waals surface area contributed by atoms with Gasteiger partial charge in [0.2, 0.25) is 0 Å². The van der Waals surface area contributed by atoms with Crippen LogP contribution in [0.15, 0.2) is 54.1 Å². The van der Waals surface area contributed by atoms with E-state index in [9.17, 15) is 14.0 Å². The second-order valence-electron chi connectivity index (χ2n) is 5.18. The van der Waals surface area contributed by atoms with Gasteiger partial charge >= 0.3 is 5.97 Å². The number of ether oxygens (including phenoxy) is 1. The third-order valence-corrected chi connectivity index (χ3v) is 3.57. The Balaban J connectivity index is 1.89. The molecule has 0 radical (unpaired) electrons. The Hall–Kier alpha value is -2.95. The molecule has 5 heteroatoms. The van der Waals surface area contributed by atoms with E-state index in [0.29, 0.717) is 11.1 Å². The predicted octanol–water partition coefficient (Wildman–Crippen LogP) is 3.27. The number of alkyl halides is 1. The first kappa shape index (κ1) is 15.0. The van der Waals surface area contributed by atoms with E-state index in [1.165, 1.54) is 18.2 Å². The summed E-state index contributed by atoms with van der Waals surface area (Å²) in [6, 6.07) is 13.8. The van der Waals surface area contributed by atoms with Gasteiger partial charge in [0.05, 0.1) is 0 Å². The van der Waals surface area contributed by atoms with Crippen LogP contribution in [-0.4, -0.2) is 23.2 Å². The van der Waals surface area contributed by atoms with Crippen LogP contribution in [0.1, 0.15) is 21.5 Å². The van der Waals surface area contributed by atoms with Crippen molar-refractivity contribution in [1.82, 2.24) is 0 Å². The number of halogens is 1. The lowest BCUT2D eigenvalue weighted by atomic mass is 9.99. The molecule has 116 valence electrons. The molecule has 1 aliphatic rings. The molecular formula is C18H13FO4. The van der Waals surface area contributed by atoms with E-state index in [1.807, 2.05) is 30.3 Å². The average Bonchev–Trinajstić information content (AvgIpc) is 2.54. The first-order valence-electron chi connectivity index (χ1n) is 7.01. The fraction of sp³-hybridized carbons (Fsp3) is 0.111. The fourth-order valence-corrected chi connectivity index (χ4v) is 2.39. The Morgan fingerprint density at radius 1 is 1.13 bits per heavy atom. The van der Waals surface area contributed by atoms with E-state index >= 15 is 0 Å². The second-order valence-corrected chi connectivity index (χ2v) is 5.18. The van der Waals surface area contributed by atoms with Gasteiger partial charge in [0.15, 0.2) is 5.78 Å². The number of carbonyl (C=O) groups excluding carboxylic acids is 1. The molecule has 0 amide bonds. The summed E-state index contributed by atoms with van der Waals surface area (Å²) in [4.78, 5) is 23.3. The highest BCUT2D eigenvalue weighted by Gasteiger charge is 2.27. The van der Waals surface area contributed by atoms with Crippen molar-refractivity contribution >= 4 is 17.8 Å². The summed E-state index contributed by atoms with van der Waals surface area (Å²) in [5.74, 6) is -1.27. The highest BCUT2D eigenvalue weighted by atomic mass is 19.1. The number of hydrogen-bond acceptors (Lipinski definition) is 3. The standard InChI is InChI=1S/C18H13FO4/c19-17-14(18(21)22)10-13-9-12(6-7-16(13)23-17)15(20)8-11-4-2-1-3-5-11/h1-7,9-10,17H,8H2,(H,21,22). The predicted molar refractivity (Wildman–Crippen MR) is 82.1 cm³/mol. The average molecular weight is 312 g/mol. The smallest absolute Gasteiger partial charge is 0.338 e. The number of fused-ring (bicyclic) bond motifs is 1. The lowest BCUT2D eigenvalue weighted by Gasteiger charge is -2.19. The number of hydrogen-bond donors (Lipinski definition) is 1. The topological polar surface area (TPSA) is 63.6 Å². The SMILES string of the molecule is O=C(O)C1=Cc2cc(C(=O)Cc3ccccc3)ccc2OC1F. The van der Waals surface area contributed by atoms with Gasteiger partial charge in [-0.2, -0.15) is 4.39 Å². The van der Waals surface area contributed by atoms with Gasteiger partial charge in [-0.1, -0.05) is 30.3 Å². The summed E-state index contributed by atoms with van der Waals surface area (Å²) >= 11 is 0. The summed E-state index contributed by atoms with van der Waals surface area (Å²) in [5.41, 5.74) is 1.21. The Bertz CT molecular complexity index is 796. The molecule has 2 aromatic carbocycles. The third kappa shape index (κ3) is 3.13. The van der Waals surface area contributed by atoms with Crippen molar-refractivity contribution < 1.29 is 23.8 Å². The van der Waals surface area contributed by atoms with Crippen LogP contribution in [0.25, 0.3) is 6.08 Å². The largest absolute Gasteiger partial charge is 0.478 e. The van der Waals surface area contributed by atoms with Crippen LogP contribution in [0.4, 0.5) is 4.39 Å².